The van der Waals surface area contributed by atoms with E-state index in [1.165, 1.54) is 11.9 Å². The van der Waals surface area contributed by atoms with Crippen molar-refractivity contribution in [1.82, 2.24) is 15.3 Å². The summed E-state index contributed by atoms with van der Waals surface area (Å²) in [4.78, 5) is 25.2. The number of carbonyl (C=O) groups is 1. The first-order valence-corrected chi connectivity index (χ1v) is 11.4. The van der Waals surface area contributed by atoms with Crippen molar-refractivity contribution in [3.8, 4) is 0 Å². The number of benzene rings is 3. The molecule has 0 fully saturated rings. The van der Waals surface area contributed by atoms with Crippen molar-refractivity contribution in [1.29, 1.82) is 0 Å². The fourth-order valence-corrected chi connectivity index (χ4v) is 3.31. The third-order valence-electron chi connectivity index (χ3n) is 5.33. The summed E-state index contributed by atoms with van der Waals surface area (Å²) in [6, 6.07) is 25.7. The van der Waals surface area contributed by atoms with Gasteiger partial charge in [0.05, 0.1) is 11.3 Å². The van der Waals surface area contributed by atoms with Crippen molar-refractivity contribution in [3.63, 3.8) is 0 Å². The molecule has 0 unspecified atom stereocenters. The predicted octanol–water partition coefficient (Wildman–Crippen LogP) is 5.81. The van der Waals surface area contributed by atoms with E-state index in [1.807, 2.05) is 80.6 Å². The molecular formula is C29H31N5O. The molecule has 178 valence electrons. The number of aromatic nitrogens is 2. The van der Waals surface area contributed by atoms with Crippen LogP contribution in [-0.2, 0) is 6.54 Å². The van der Waals surface area contributed by atoms with E-state index in [0.29, 0.717) is 17.9 Å². The van der Waals surface area contributed by atoms with Crippen LogP contribution in [0, 0.1) is 20.8 Å². The first-order valence-electron chi connectivity index (χ1n) is 11.4. The molecule has 1 heterocycles. The zero-order valence-electron chi connectivity index (χ0n) is 20.6. The quantitative estimate of drug-likeness (QED) is 0.352. The Hall–Kier alpha value is -4.32. The van der Waals surface area contributed by atoms with Gasteiger partial charge in [0.25, 0.3) is 5.91 Å². The van der Waals surface area contributed by atoms with Gasteiger partial charge in [-0.3, -0.25) is 9.79 Å². The average molecular weight is 466 g/mol. The molecule has 0 aliphatic rings. The Morgan fingerprint density at radius 1 is 0.914 bits per heavy atom. The molecule has 1 amide bonds. The number of aliphatic imine (C=N–C) groups is 1. The van der Waals surface area contributed by atoms with E-state index < -0.39 is 0 Å². The number of rotatable bonds is 6. The monoisotopic (exact) mass is 465 g/mol. The fourth-order valence-electron chi connectivity index (χ4n) is 3.31. The number of anilines is 2. The number of nitrogens with one attached hydrogen (secondary N) is 2. The Bertz CT molecular complexity index is 1270. The van der Waals surface area contributed by atoms with Gasteiger partial charge in [-0.15, -0.1) is 0 Å². The Labute approximate surface area is 207 Å². The second-order valence-electron chi connectivity index (χ2n) is 8.09. The van der Waals surface area contributed by atoms with Crippen LogP contribution in [0.3, 0.4) is 0 Å². The van der Waals surface area contributed by atoms with Crippen LogP contribution in [-0.4, -0.2) is 29.1 Å². The molecule has 35 heavy (non-hydrogen) atoms. The molecule has 0 bridgehead atoms. The Balaban J connectivity index is 0.000000420. The Morgan fingerprint density at radius 3 is 2.23 bits per heavy atom. The highest BCUT2D eigenvalue weighted by Crippen LogP contribution is 2.23. The van der Waals surface area contributed by atoms with Gasteiger partial charge in [0, 0.05) is 31.1 Å². The first kappa shape index (κ1) is 25.3. The van der Waals surface area contributed by atoms with E-state index in [-0.39, 0.29) is 5.91 Å². The van der Waals surface area contributed by atoms with Crippen LogP contribution in [0.25, 0.3) is 0 Å². The molecule has 2 N–H and O–H groups in total. The van der Waals surface area contributed by atoms with E-state index in [2.05, 4.69) is 44.7 Å². The van der Waals surface area contributed by atoms with Crippen LogP contribution in [0.4, 0.5) is 11.5 Å². The number of nitrogens with zero attached hydrogens (tertiary/aromatic N) is 3. The fraction of sp³-hybridized carbons (Fsp3) is 0.172. The molecule has 4 aromatic rings. The largest absolute Gasteiger partial charge is 0.348 e. The Kier molecular flexibility index (Phi) is 9.25. The van der Waals surface area contributed by atoms with Crippen LogP contribution in [0.15, 0.2) is 90.2 Å². The molecule has 0 atom stereocenters. The summed E-state index contributed by atoms with van der Waals surface area (Å²) in [5, 5.41) is 6.27. The van der Waals surface area contributed by atoms with Crippen molar-refractivity contribution < 1.29 is 4.79 Å². The summed E-state index contributed by atoms with van der Waals surface area (Å²) in [7, 11) is 1.71. The molecule has 0 spiro atoms. The maximum Gasteiger partial charge on any atom is 0.251 e. The summed E-state index contributed by atoms with van der Waals surface area (Å²) in [5.41, 5.74) is 6.44. The first-order chi connectivity index (χ1) is 17.0. The van der Waals surface area contributed by atoms with Crippen molar-refractivity contribution in [2.24, 2.45) is 4.99 Å². The summed E-state index contributed by atoms with van der Waals surface area (Å²) in [6.07, 6.45) is 3.24. The maximum atomic E-state index is 12.6. The minimum absolute atomic E-state index is 0.124. The van der Waals surface area contributed by atoms with Gasteiger partial charge in [0.2, 0.25) is 0 Å². The highest BCUT2D eigenvalue weighted by atomic mass is 16.1. The summed E-state index contributed by atoms with van der Waals surface area (Å²) >= 11 is 0. The summed E-state index contributed by atoms with van der Waals surface area (Å²) < 4.78 is 0. The molecule has 0 aliphatic heterocycles. The number of aryl methyl sites for hydroxylation is 3. The lowest BCUT2D eigenvalue weighted by molar-refractivity contribution is 0.0951. The minimum atomic E-state index is -0.124. The molecule has 0 saturated carbocycles. The van der Waals surface area contributed by atoms with Crippen LogP contribution in [0.2, 0.25) is 0 Å². The molecule has 0 radical (unpaired) electrons. The van der Waals surface area contributed by atoms with Gasteiger partial charge < -0.3 is 10.6 Å². The predicted molar refractivity (Wildman–Crippen MR) is 144 cm³/mol. The van der Waals surface area contributed by atoms with Crippen molar-refractivity contribution in [2.45, 2.75) is 27.3 Å². The van der Waals surface area contributed by atoms with E-state index in [4.69, 9.17) is 0 Å². The van der Waals surface area contributed by atoms with Gasteiger partial charge >= 0.3 is 0 Å². The zero-order chi connectivity index (χ0) is 25.0. The van der Waals surface area contributed by atoms with Crippen LogP contribution < -0.4 is 10.6 Å². The number of amides is 1. The van der Waals surface area contributed by atoms with E-state index >= 15 is 0 Å². The third kappa shape index (κ3) is 7.61. The van der Waals surface area contributed by atoms with Gasteiger partial charge in [-0.25, -0.2) is 9.97 Å². The SMILES string of the molecule is CN=Cc1c(C)ncnc1Nc1cc(C(=O)NCc2ccccc2)ccc1C.Cc1ccccc1. The highest BCUT2D eigenvalue weighted by Gasteiger charge is 2.11. The lowest BCUT2D eigenvalue weighted by Gasteiger charge is -2.13. The molecular weight excluding hydrogens is 434 g/mol. The molecule has 1 aromatic heterocycles. The highest BCUT2D eigenvalue weighted by molar-refractivity contribution is 5.96. The normalized spacial score (nSPS) is 10.4. The summed E-state index contributed by atoms with van der Waals surface area (Å²) in [5.74, 6) is 0.532. The third-order valence-corrected chi connectivity index (χ3v) is 5.33. The van der Waals surface area contributed by atoms with Gasteiger partial charge in [0.1, 0.15) is 12.1 Å². The zero-order valence-corrected chi connectivity index (χ0v) is 20.6. The van der Waals surface area contributed by atoms with Gasteiger partial charge in [-0.1, -0.05) is 72.3 Å². The lowest BCUT2D eigenvalue weighted by Crippen LogP contribution is -2.22. The van der Waals surface area contributed by atoms with Crippen molar-refractivity contribution >= 4 is 23.6 Å². The van der Waals surface area contributed by atoms with E-state index in [1.54, 1.807) is 13.3 Å². The molecule has 6 heteroatoms. The smallest absolute Gasteiger partial charge is 0.251 e. The summed E-state index contributed by atoms with van der Waals surface area (Å²) in [6.45, 7) is 6.46. The second kappa shape index (κ2) is 12.8. The molecule has 4 rings (SSSR count). The van der Waals surface area contributed by atoms with E-state index in [9.17, 15) is 4.79 Å². The standard InChI is InChI=1S/C22H23N5O.C7H8/c1-15-9-10-18(22(28)24-12-17-7-5-4-6-8-17)11-20(15)27-21-19(13-23-3)16(2)25-14-26-21;1-7-5-3-2-4-6-7/h4-11,13-14H,12H2,1-3H3,(H,24,28)(H,25,26,27);2-6H,1H3. The van der Waals surface area contributed by atoms with Crippen molar-refractivity contribution in [3.05, 3.63) is 119 Å². The molecule has 0 saturated heterocycles. The number of carbonyl (C=O) groups excluding carboxylic acids is 1. The average Bonchev–Trinajstić information content (AvgIpc) is 2.87. The van der Waals surface area contributed by atoms with Gasteiger partial charge in [-0.05, 0) is 44.0 Å². The Morgan fingerprint density at radius 2 is 1.60 bits per heavy atom. The van der Waals surface area contributed by atoms with Crippen LogP contribution in [0.5, 0.6) is 0 Å². The minimum Gasteiger partial charge on any atom is -0.348 e. The topological polar surface area (TPSA) is 79.3 Å². The second-order valence-corrected chi connectivity index (χ2v) is 8.09. The lowest BCUT2D eigenvalue weighted by atomic mass is 10.1. The van der Waals surface area contributed by atoms with Crippen LogP contribution >= 0.6 is 0 Å². The molecule has 0 aliphatic carbocycles. The molecule has 6 nitrogen and oxygen atoms in total. The number of hydrogen-bond donors (Lipinski definition) is 2. The van der Waals surface area contributed by atoms with Crippen LogP contribution in [0.1, 0.15) is 38.3 Å². The van der Waals surface area contributed by atoms with E-state index in [0.717, 1.165) is 28.1 Å². The van der Waals surface area contributed by atoms with Crippen molar-refractivity contribution in [2.75, 3.05) is 12.4 Å². The van der Waals surface area contributed by atoms with Gasteiger partial charge in [-0.2, -0.15) is 0 Å². The molecule has 3 aromatic carbocycles. The number of hydrogen-bond acceptors (Lipinski definition) is 5. The van der Waals surface area contributed by atoms with Gasteiger partial charge in [0.15, 0.2) is 0 Å². The maximum absolute atomic E-state index is 12.6.